The highest BCUT2D eigenvalue weighted by atomic mass is 35.5. The Kier molecular flexibility index (Phi) is 7.98. The molecule has 5 nitrogen and oxygen atoms in total. The molecule has 0 radical (unpaired) electrons. The first-order valence-corrected chi connectivity index (χ1v) is 9.05. The van der Waals surface area contributed by atoms with Gasteiger partial charge in [0.1, 0.15) is 17.2 Å². The standard InChI is InChI=1S/C18H7Cl2F9N2O3/c19-7-4-6(30-16(33)31-15(32)11-9(21)2-1-3-10(11)22)5-8(20)12(7)34-18(28,29)14(24)13(23)17(25,26)27/h1-5H,(H2,30,31,32,33)/b14-13+. The van der Waals surface area contributed by atoms with Crippen LogP contribution in [0.1, 0.15) is 10.4 Å². The SMILES string of the molecule is O=C(NC(=O)c1c(F)cccc1F)Nc1cc(Cl)c(OC(F)(F)/C(F)=C(\F)C(F)(F)F)c(Cl)c1. The number of anilines is 1. The maximum Gasteiger partial charge on any atom is 0.457 e. The van der Waals surface area contributed by atoms with E-state index in [9.17, 15) is 49.1 Å². The molecule has 3 amide bonds. The van der Waals surface area contributed by atoms with Crippen LogP contribution in [0.2, 0.25) is 10.0 Å². The van der Waals surface area contributed by atoms with E-state index in [2.05, 4.69) is 4.74 Å². The molecule has 2 N–H and O–H groups in total. The van der Waals surface area contributed by atoms with Gasteiger partial charge in [-0.05, 0) is 24.3 Å². The van der Waals surface area contributed by atoms with Crippen molar-refractivity contribution in [2.24, 2.45) is 0 Å². The van der Waals surface area contributed by atoms with Crippen LogP contribution in [0.4, 0.5) is 50.0 Å². The summed E-state index contributed by atoms with van der Waals surface area (Å²) in [6, 6.07) is 2.27. The van der Waals surface area contributed by atoms with E-state index in [1.54, 1.807) is 5.32 Å². The molecule has 0 aliphatic heterocycles. The Morgan fingerprint density at radius 3 is 1.85 bits per heavy atom. The first-order chi connectivity index (χ1) is 15.5. The molecule has 2 aromatic carbocycles. The highest BCUT2D eigenvalue weighted by molar-refractivity contribution is 6.37. The summed E-state index contributed by atoms with van der Waals surface area (Å²) >= 11 is 11.2. The molecule has 0 unspecified atom stereocenters. The second-order valence-electron chi connectivity index (χ2n) is 6.02. The van der Waals surface area contributed by atoms with Crippen LogP contribution in [0.5, 0.6) is 5.75 Å². The number of halogens is 11. The Labute approximate surface area is 193 Å². The van der Waals surface area contributed by atoms with E-state index < -0.39 is 74.6 Å². The highest BCUT2D eigenvalue weighted by Crippen LogP contribution is 2.43. The van der Waals surface area contributed by atoms with Crippen LogP contribution in [-0.4, -0.2) is 24.2 Å². The molecule has 0 bridgehead atoms. The van der Waals surface area contributed by atoms with Gasteiger partial charge >= 0.3 is 18.3 Å². The summed E-state index contributed by atoms with van der Waals surface area (Å²) in [5.74, 6) is -12.7. The van der Waals surface area contributed by atoms with Crippen molar-refractivity contribution >= 4 is 40.8 Å². The lowest BCUT2D eigenvalue weighted by Crippen LogP contribution is -2.35. The summed E-state index contributed by atoms with van der Waals surface area (Å²) in [5.41, 5.74) is -1.54. The zero-order chi connectivity index (χ0) is 26.0. The number of allylic oxidation sites excluding steroid dienone is 1. The second-order valence-corrected chi connectivity index (χ2v) is 6.83. The minimum absolute atomic E-state index is 0.442. The van der Waals surface area contributed by atoms with Gasteiger partial charge < -0.3 is 10.1 Å². The Balaban J connectivity index is 2.21. The third kappa shape index (κ3) is 6.26. The van der Waals surface area contributed by atoms with Gasteiger partial charge in [-0.1, -0.05) is 29.3 Å². The molecule has 0 saturated heterocycles. The van der Waals surface area contributed by atoms with Crippen molar-refractivity contribution in [3.8, 4) is 5.75 Å². The van der Waals surface area contributed by atoms with E-state index in [-0.39, 0.29) is 0 Å². The maximum atomic E-state index is 13.6. The molecular formula is C18H7Cl2F9N2O3. The first-order valence-electron chi connectivity index (χ1n) is 8.29. The van der Waals surface area contributed by atoms with Crippen LogP contribution < -0.4 is 15.4 Å². The van der Waals surface area contributed by atoms with Crippen molar-refractivity contribution in [1.82, 2.24) is 5.32 Å². The number of amides is 3. The number of carbonyl (C=O) groups is 2. The Hall–Kier alpha value is -3.13. The van der Waals surface area contributed by atoms with Crippen LogP contribution in [0.3, 0.4) is 0 Å². The molecule has 0 atom stereocenters. The molecule has 184 valence electrons. The maximum absolute atomic E-state index is 13.6. The zero-order valence-electron chi connectivity index (χ0n) is 15.8. The summed E-state index contributed by atoms with van der Waals surface area (Å²) in [6.07, 6.45) is -11.6. The van der Waals surface area contributed by atoms with Gasteiger partial charge in [-0.2, -0.15) is 30.7 Å². The van der Waals surface area contributed by atoms with Crippen molar-refractivity contribution in [2.75, 3.05) is 5.32 Å². The number of hydrogen-bond acceptors (Lipinski definition) is 3. The second kappa shape index (κ2) is 10.0. The molecule has 0 saturated carbocycles. The van der Waals surface area contributed by atoms with Crippen LogP contribution in [0.25, 0.3) is 0 Å². The highest BCUT2D eigenvalue weighted by Gasteiger charge is 2.50. The van der Waals surface area contributed by atoms with E-state index in [1.807, 2.05) is 5.32 Å². The number of carbonyl (C=O) groups excluding carboxylic acids is 2. The van der Waals surface area contributed by atoms with Gasteiger partial charge in [-0.3, -0.25) is 10.1 Å². The van der Waals surface area contributed by atoms with Crippen LogP contribution in [0.15, 0.2) is 42.0 Å². The Morgan fingerprint density at radius 1 is 0.882 bits per heavy atom. The number of hydrogen-bond donors (Lipinski definition) is 2. The number of imide groups is 1. The predicted molar refractivity (Wildman–Crippen MR) is 100 cm³/mol. The quantitative estimate of drug-likeness (QED) is 0.404. The first kappa shape index (κ1) is 27.1. The molecule has 0 aromatic heterocycles. The normalized spacial score (nSPS) is 12.7. The van der Waals surface area contributed by atoms with Crippen LogP contribution >= 0.6 is 23.2 Å². The monoisotopic (exact) mass is 540 g/mol. The molecular weight excluding hydrogens is 534 g/mol. The number of urea groups is 1. The van der Waals surface area contributed by atoms with Gasteiger partial charge in [-0.15, -0.1) is 0 Å². The number of alkyl halides is 5. The van der Waals surface area contributed by atoms with Gasteiger partial charge in [0.15, 0.2) is 5.75 Å². The molecule has 0 fully saturated rings. The van der Waals surface area contributed by atoms with Gasteiger partial charge in [0, 0.05) is 5.69 Å². The van der Waals surface area contributed by atoms with Crippen molar-refractivity contribution in [3.63, 3.8) is 0 Å². The summed E-state index contributed by atoms with van der Waals surface area (Å²) in [7, 11) is 0. The molecule has 0 heterocycles. The fourth-order valence-corrected chi connectivity index (χ4v) is 2.76. The Bertz CT molecular complexity index is 1130. The fourth-order valence-electron chi connectivity index (χ4n) is 2.20. The topological polar surface area (TPSA) is 67.4 Å². The van der Waals surface area contributed by atoms with Crippen molar-refractivity contribution in [3.05, 3.63) is 69.2 Å². The molecule has 0 aliphatic rings. The van der Waals surface area contributed by atoms with Gasteiger partial charge in [0.25, 0.3) is 11.7 Å². The zero-order valence-corrected chi connectivity index (χ0v) is 17.3. The number of nitrogens with one attached hydrogen (secondary N) is 2. The van der Waals surface area contributed by atoms with E-state index in [1.165, 1.54) is 0 Å². The molecule has 2 aromatic rings. The minimum Gasteiger partial charge on any atom is -0.424 e. The number of benzene rings is 2. The lowest BCUT2D eigenvalue weighted by atomic mass is 10.2. The summed E-state index contributed by atoms with van der Waals surface area (Å²) < 4.78 is 121. The summed E-state index contributed by atoms with van der Waals surface area (Å²) in [5, 5.41) is 1.60. The van der Waals surface area contributed by atoms with Crippen LogP contribution in [-0.2, 0) is 0 Å². The molecule has 0 spiro atoms. The summed E-state index contributed by atoms with van der Waals surface area (Å²) in [6.45, 7) is 0. The van der Waals surface area contributed by atoms with Gasteiger partial charge in [-0.25, -0.2) is 13.6 Å². The third-order valence-corrected chi connectivity index (χ3v) is 4.16. The van der Waals surface area contributed by atoms with E-state index >= 15 is 0 Å². The smallest absolute Gasteiger partial charge is 0.424 e. The largest absolute Gasteiger partial charge is 0.457 e. The predicted octanol–water partition coefficient (Wildman–Crippen LogP) is 6.92. The molecule has 0 aliphatic carbocycles. The fraction of sp³-hybridized carbons (Fsp3) is 0.111. The number of ether oxygens (including phenoxy) is 1. The van der Waals surface area contributed by atoms with Crippen molar-refractivity contribution in [2.45, 2.75) is 12.3 Å². The average Bonchev–Trinajstić information content (AvgIpc) is 2.68. The van der Waals surface area contributed by atoms with Gasteiger partial charge in [0.05, 0.1) is 10.0 Å². The van der Waals surface area contributed by atoms with Gasteiger partial charge in [0.2, 0.25) is 5.83 Å². The lowest BCUT2D eigenvalue weighted by molar-refractivity contribution is -0.169. The van der Waals surface area contributed by atoms with Crippen molar-refractivity contribution < 1.29 is 53.8 Å². The molecule has 2 rings (SSSR count). The molecule has 34 heavy (non-hydrogen) atoms. The lowest BCUT2D eigenvalue weighted by Gasteiger charge is -2.19. The summed E-state index contributed by atoms with van der Waals surface area (Å²) in [4.78, 5) is 23.7. The van der Waals surface area contributed by atoms with E-state index in [0.29, 0.717) is 12.1 Å². The average molecular weight is 541 g/mol. The Morgan fingerprint density at radius 2 is 1.38 bits per heavy atom. The number of rotatable bonds is 5. The van der Waals surface area contributed by atoms with Crippen molar-refractivity contribution in [1.29, 1.82) is 0 Å². The van der Waals surface area contributed by atoms with E-state index in [4.69, 9.17) is 23.2 Å². The third-order valence-electron chi connectivity index (χ3n) is 3.60. The van der Waals surface area contributed by atoms with Crippen LogP contribution in [0, 0.1) is 11.6 Å². The van der Waals surface area contributed by atoms with E-state index in [0.717, 1.165) is 18.2 Å². The minimum atomic E-state index is -6.07. The molecule has 16 heteroatoms.